The first kappa shape index (κ1) is 7.16. The second-order valence-electron chi connectivity index (χ2n) is 2.81. The zero-order valence-corrected chi connectivity index (χ0v) is 7.07. The molecule has 2 aromatic heterocycles. The molecule has 0 radical (unpaired) electrons. The van der Waals surface area contributed by atoms with Crippen molar-refractivity contribution in [2.45, 2.75) is 13.8 Å². The Hall–Kier alpha value is -1.51. The minimum atomic E-state index is 0.803. The Kier molecular flexibility index (Phi) is 1.50. The minimum Gasteiger partial charge on any atom is -0.264 e. The lowest BCUT2D eigenvalue weighted by Gasteiger charge is -1.99. The summed E-state index contributed by atoms with van der Waals surface area (Å²) in [4.78, 5) is 12.5. The van der Waals surface area contributed by atoms with Crippen LogP contribution in [0.4, 0.5) is 0 Å². The van der Waals surface area contributed by atoms with E-state index in [4.69, 9.17) is 0 Å². The van der Waals surface area contributed by atoms with Crippen LogP contribution in [0, 0.1) is 13.8 Å². The SMILES string of the molecule is Cc1ncc2cncc(C)c2n1. The van der Waals surface area contributed by atoms with Crippen LogP contribution in [0.3, 0.4) is 0 Å². The minimum absolute atomic E-state index is 0.803. The standard InChI is InChI=1S/C9H9N3/c1-6-3-10-4-8-5-11-7(2)12-9(6)8/h3-5H,1-2H3. The Morgan fingerprint density at radius 2 is 1.92 bits per heavy atom. The van der Waals surface area contributed by atoms with Gasteiger partial charge in [0.1, 0.15) is 5.82 Å². The van der Waals surface area contributed by atoms with Crippen LogP contribution in [-0.4, -0.2) is 15.0 Å². The molecule has 3 nitrogen and oxygen atoms in total. The second-order valence-corrected chi connectivity index (χ2v) is 2.81. The van der Waals surface area contributed by atoms with E-state index >= 15 is 0 Å². The van der Waals surface area contributed by atoms with Gasteiger partial charge >= 0.3 is 0 Å². The molecule has 0 unspecified atom stereocenters. The van der Waals surface area contributed by atoms with Crippen LogP contribution in [0.1, 0.15) is 11.4 Å². The number of aryl methyl sites for hydroxylation is 2. The Bertz CT molecular complexity index is 423. The van der Waals surface area contributed by atoms with Crippen molar-refractivity contribution in [2.24, 2.45) is 0 Å². The van der Waals surface area contributed by atoms with Crippen molar-refractivity contribution < 1.29 is 0 Å². The van der Waals surface area contributed by atoms with Gasteiger partial charge in [-0.1, -0.05) is 0 Å². The summed E-state index contributed by atoms with van der Waals surface area (Å²) < 4.78 is 0. The van der Waals surface area contributed by atoms with E-state index in [0.29, 0.717) is 0 Å². The number of hydrogen-bond donors (Lipinski definition) is 0. The highest BCUT2D eigenvalue weighted by Gasteiger charge is 1.98. The van der Waals surface area contributed by atoms with Crippen LogP contribution in [0.5, 0.6) is 0 Å². The van der Waals surface area contributed by atoms with Crippen LogP contribution in [0.2, 0.25) is 0 Å². The molecule has 0 aliphatic rings. The molecule has 0 spiro atoms. The molecule has 2 heterocycles. The maximum Gasteiger partial charge on any atom is 0.125 e. The predicted molar refractivity (Wildman–Crippen MR) is 46.8 cm³/mol. The number of pyridine rings is 1. The van der Waals surface area contributed by atoms with E-state index < -0.39 is 0 Å². The predicted octanol–water partition coefficient (Wildman–Crippen LogP) is 1.64. The first-order valence-corrected chi connectivity index (χ1v) is 3.81. The van der Waals surface area contributed by atoms with Crippen molar-refractivity contribution in [1.29, 1.82) is 0 Å². The monoisotopic (exact) mass is 159 g/mol. The van der Waals surface area contributed by atoms with Gasteiger partial charge in [-0.25, -0.2) is 9.97 Å². The largest absolute Gasteiger partial charge is 0.264 e. The molecule has 60 valence electrons. The summed E-state index contributed by atoms with van der Waals surface area (Å²) >= 11 is 0. The number of aromatic nitrogens is 3. The van der Waals surface area contributed by atoms with Crippen molar-refractivity contribution >= 4 is 10.9 Å². The molecule has 0 amide bonds. The fourth-order valence-electron chi connectivity index (χ4n) is 1.18. The van der Waals surface area contributed by atoms with Gasteiger partial charge in [-0.2, -0.15) is 0 Å². The van der Waals surface area contributed by atoms with Crippen molar-refractivity contribution in [3.63, 3.8) is 0 Å². The zero-order chi connectivity index (χ0) is 8.55. The van der Waals surface area contributed by atoms with Crippen molar-refractivity contribution in [1.82, 2.24) is 15.0 Å². The Morgan fingerprint density at radius 3 is 2.75 bits per heavy atom. The maximum atomic E-state index is 4.32. The van der Waals surface area contributed by atoms with Gasteiger partial charge < -0.3 is 0 Å². The molecular formula is C9H9N3. The summed E-state index contributed by atoms with van der Waals surface area (Å²) in [5.74, 6) is 0.803. The number of rotatable bonds is 0. The van der Waals surface area contributed by atoms with E-state index in [0.717, 1.165) is 22.3 Å². The van der Waals surface area contributed by atoms with E-state index in [2.05, 4.69) is 15.0 Å². The van der Waals surface area contributed by atoms with Gasteiger partial charge in [-0.05, 0) is 19.4 Å². The lowest BCUT2D eigenvalue weighted by molar-refractivity contribution is 1.08. The summed E-state index contributed by atoms with van der Waals surface area (Å²) in [6.45, 7) is 3.89. The van der Waals surface area contributed by atoms with Crippen LogP contribution < -0.4 is 0 Å². The van der Waals surface area contributed by atoms with E-state index in [1.165, 1.54) is 0 Å². The number of nitrogens with zero attached hydrogens (tertiary/aromatic N) is 3. The summed E-state index contributed by atoms with van der Waals surface area (Å²) in [5, 5.41) is 1.00. The average molecular weight is 159 g/mol. The van der Waals surface area contributed by atoms with Crippen LogP contribution in [-0.2, 0) is 0 Å². The van der Waals surface area contributed by atoms with Gasteiger partial charge in [-0.3, -0.25) is 4.98 Å². The van der Waals surface area contributed by atoms with E-state index in [1.54, 1.807) is 12.4 Å². The van der Waals surface area contributed by atoms with Gasteiger partial charge in [0.2, 0.25) is 0 Å². The number of fused-ring (bicyclic) bond motifs is 1. The van der Waals surface area contributed by atoms with Gasteiger partial charge in [-0.15, -0.1) is 0 Å². The van der Waals surface area contributed by atoms with Crippen LogP contribution >= 0.6 is 0 Å². The fraction of sp³-hybridized carbons (Fsp3) is 0.222. The Balaban J connectivity index is 2.88. The van der Waals surface area contributed by atoms with Gasteiger partial charge in [0.05, 0.1) is 5.52 Å². The van der Waals surface area contributed by atoms with Gasteiger partial charge in [0, 0.05) is 24.0 Å². The normalized spacial score (nSPS) is 10.5. The molecule has 0 bridgehead atoms. The maximum absolute atomic E-state index is 4.32. The highest BCUT2D eigenvalue weighted by atomic mass is 14.9. The van der Waals surface area contributed by atoms with Crippen molar-refractivity contribution in [3.05, 3.63) is 30.0 Å². The van der Waals surface area contributed by atoms with Crippen molar-refractivity contribution in [2.75, 3.05) is 0 Å². The summed E-state index contributed by atoms with van der Waals surface area (Å²) in [6.07, 6.45) is 5.40. The smallest absolute Gasteiger partial charge is 0.125 e. The molecule has 12 heavy (non-hydrogen) atoms. The van der Waals surface area contributed by atoms with Gasteiger partial charge in [0.25, 0.3) is 0 Å². The third-order valence-corrected chi connectivity index (χ3v) is 1.79. The molecule has 0 saturated heterocycles. The Labute approximate surface area is 70.5 Å². The van der Waals surface area contributed by atoms with E-state index in [-0.39, 0.29) is 0 Å². The molecule has 0 fully saturated rings. The van der Waals surface area contributed by atoms with Crippen LogP contribution in [0.25, 0.3) is 10.9 Å². The Morgan fingerprint density at radius 1 is 1.08 bits per heavy atom. The quantitative estimate of drug-likeness (QED) is 0.586. The third kappa shape index (κ3) is 1.03. The summed E-state index contributed by atoms with van der Waals surface area (Å²) in [7, 11) is 0. The molecule has 3 heteroatoms. The molecular weight excluding hydrogens is 150 g/mol. The van der Waals surface area contributed by atoms with E-state index in [1.807, 2.05) is 20.0 Å². The first-order valence-electron chi connectivity index (χ1n) is 3.81. The summed E-state index contributed by atoms with van der Waals surface area (Å²) in [5.41, 5.74) is 2.09. The second kappa shape index (κ2) is 2.52. The lowest BCUT2D eigenvalue weighted by Crippen LogP contribution is -1.90. The molecule has 0 aliphatic heterocycles. The van der Waals surface area contributed by atoms with Gasteiger partial charge in [0.15, 0.2) is 0 Å². The molecule has 2 rings (SSSR count). The zero-order valence-electron chi connectivity index (χ0n) is 7.07. The molecule has 0 aliphatic carbocycles. The molecule has 0 N–H and O–H groups in total. The van der Waals surface area contributed by atoms with Crippen LogP contribution in [0.15, 0.2) is 18.6 Å². The molecule has 2 aromatic rings. The molecule has 0 atom stereocenters. The highest BCUT2D eigenvalue weighted by Crippen LogP contribution is 2.12. The summed E-state index contributed by atoms with van der Waals surface area (Å²) in [6, 6.07) is 0. The highest BCUT2D eigenvalue weighted by molar-refractivity contribution is 5.79. The lowest BCUT2D eigenvalue weighted by atomic mass is 10.2. The topological polar surface area (TPSA) is 38.7 Å². The first-order chi connectivity index (χ1) is 5.77. The average Bonchev–Trinajstić information content (AvgIpc) is 2.07. The third-order valence-electron chi connectivity index (χ3n) is 1.79. The van der Waals surface area contributed by atoms with E-state index in [9.17, 15) is 0 Å². The molecule has 0 aromatic carbocycles. The molecule has 0 saturated carbocycles. The fourth-order valence-corrected chi connectivity index (χ4v) is 1.18. The number of hydrogen-bond acceptors (Lipinski definition) is 3. The van der Waals surface area contributed by atoms with Crippen molar-refractivity contribution in [3.8, 4) is 0 Å².